The number of aromatic amines is 1. The lowest BCUT2D eigenvalue weighted by Gasteiger charge is -2.14. The average Bonchev–Trinajstić information content (AvgIpc) is 3.02. The van der Waals surface area contributed by atoms with Gasteiger partial charge in [0.25, 0.3) is 0 Å². The molecule has 0 spiro atoms. The van der Waals surface area contributed by atoms with Crippen LogP contribution in [0.4, 0.5) is 5.69 Å². The van der Waals surface area contributed by atoms with Gasteiger partial charge < -0.3 is 5.32 Å². The van der Waals surface area contributed by atoms with E-state index in [2.05, 4.69) is 36.8 Å². The maximum absolute atomic E-state index is 9.19. The molecule has 0 saturated heterocycles. The van der Waals surface area contributed by atoms with Crippen molar-refractivity contribution in [3.63, 3.8) is 0 Å². The first kappa shape index (κ1) is 12.0. The quantitative estimate of drug-likeness (QED) is 0.748. The van der Waals surface area contributed by atoms with E-state index in [-0.39, 0.29) is 11.7 Å². The first-order chi connectivity index (χ1) is 9.79. The molecule has 7 nitrogen and oxygen atoms in total. The highest BCUT2D eigenvalue weighted by Gasteiger charge is 2.15. The third-order valence-electron chi connectivity index (χ3n) is 2.98. The van der Waals surface area contributed by atoms with Crippen molar-refractivity contribution in [2.24, 2.45) is 0 Å². The fraction of sp³-hybridized carbons (Fsp3) is 0.154. The summed E-state index contributed by atoms with van der Waals surface area (Å²) in [5.74, 6) is 0.690. The van der Waals surface area contributed by atoms with Crippen LogP contribution in [0.2, 0.25) is 0 Å². The van der Waals surface area contributed by atoms with Gasteiger partial charge in [0.2, 0.25) is 0 Å². The fourth-order valence-corrected chi connectivity index (χ4v) is 1.99. The molecule has 3 aromatic rings. The van der Waals surface area contributed by atoms with Gasteiger partial charge in [0, 0.05) is 5.39 Å². The molecule has 0 aliphatic heterocycles. The van der Waals surface area contributed by atoms with Gasteiger partial charge in [-0.05, 0) is 13.0 Å². The number of hydrogen-bond acceptors (Lipinski definition) is 6. The summed E-state index contributed by atoms with van der Waals surface area (Å²) in [6, 6.07) is 9.47. The number of benzene rings is 1. The summed E-state index contributed by atoms with van der Waals surface area (Å²) in [5, 5.41) is 27.9. The number of aromatic nitrogens is 5. The number of H-pyrrole nitrogens is 1. The molecule has 0 bridgehead atoms. The van der Waals surface area contributed by atoms with Crippen LogP contribution in [0.1, 0.15) is 24.5 Å². The maximum Gasteiger partial charge on any atom is 0.186 e. The Morgan fingerprint density at radius 1 is 1.30 bits per heavy atom. The van der Waals surface area contributed by atoms with Gasteiger partial charge in [-0.15, -0.1) is 10.2 Å². The smallest absolute Gasteiger partial charge is 0.186 e. The summed E-state index contributed by atoms with van der Waals surface area (Å²) in [7, 11) is 0. The van der Waals surface area contributed by atoms with Crippen molar-refractivity contribution < 1.29 is 0 Å². The molecule has 1 unspecified atom stereocenters. The van der Waals surface area contributed by atoms with Gasteiger partial charge in [0.05, 0.1) is 17.2 Å². The van der Waals surface area contributed by atoms with Crippen molar-refractivity contribution in [1.82, 2.24) is 25.4 Å². The number of rotatable bonds is 3. The topological polar surface area (TPSA) is 103 Å². The third kappa shape index (κ3) is 2.03. The molecule has 0 radical (unpaired) electrons. The van der Waals surface area contributed by atoms with Crippen LogP contribution in [0, 0.1) is 11.3 Å². The second-order valence-electron chi connectivity index (χ2n) is 4.29. The molecular weight excluding hydrogens is 254 g/mol. The van der Waals surface area contributed by atoms with Crippen LogP contribution in [0.5, 0.6) is 0 Å². The van der Waals surface area contributed by atoms with E-state index < -0.39 is 0 Å². The van der Waals surface area contributed by atoms with Crippen molar-refractivity contribution >= 4 is 16.6 Å². The molecule has 1 atom stereocenters. The number of nitrogens with zero attached hydrogens (tertiary/aromatic N) is 5. The minimum atomic E-state index is -0.128. The van der Waals surface area contributed by atoms with Crippen molar-refractivity contribution in [1.29, 1.82) is 5.26 Å². The lowest BCUT2D eigenvalue weighted by atomic mass is 10.1. The SMILES string of the molecule is CC(Nc1c(C#N)nnc2ccccc12)c1ncn[nH]1. The summed E-state index contributed by atoms with van der Waals surface area (Å²) in [6.07, 6.45) is 1.45. The van der Waals surface area contributed by atoms with E-state index in [9.17, 15) is 5.26 Å². The molecule has 3 rings (SSSR count). The fourth-order valence-electron chi connectivity index (χ4n) is 1.99. The Morgan fingerprint density at radius 2 is 2.15 bits per heavy atom. The van der Waals surface area contributed by atoms with Crippen LogP contribution in [0.25, 0.3) is 10.9 Å². The Labute approximate surface area is 114 Å². The van der Waals surface area contributed by atoms with Crippen LogP contribution in [0.3, 0.4) is 0 Å². The monoisotopic (exact) mass is 265 g/mol. The predicted octanol–water partition coefficient (Wildman–Crippen LogP) is 1.79. The zero-order valence-corrected chi connectivity index (χ0v) is 10.7. The van der Waals surface area contributed by atoms with Gasteiger partial charge >= 0.3 is 0 Å². The Bertz CT molecular complexity index is 773. The molecule has 0 amide bonds. The van der Waals surface area contributed by atoms with Crippen molar-refractivity contribution in [3.8, 4) is 6.07 Å². The van der Waals surface area contributed by atoms with E-state index in [4.69, 9.17) is 0 Å². The summed E-state index contributed by atoms with van der Waals surface area (Å²) in [4.78, 5) is 4.10. The highest BCUT2D eigenvalue weighted by Crippen LogP contribution is 2.26. The Morgan fingerprint density at radius 3 is 2.90 bits per heavy atom. The van der Waals surface area contributed by atoms with Gasteiger partial charge in [-0.3, -0.25) is 5.10 Å². The van der Waals surface area contributed by atoms with Crippen LogP contribution < -0.4 is 5.32 Å². The largest absolute Gasteiger partial charge is 0.372 e. The zero-order valence-electron chi connectivity index (χ0n) is 10.7. The van der Waals surface area contributed by atoms with Crippen LogP contribution in [-0.2, 0) is 0 Å². The number of nitriles is 1. The lowest BCUT2D eigenvalue weighted by molar-refractivity contribution is 0.794. The summed E-state index contributed by atoms with van der Waals surface area (Å²) >= 11 is 0. The molecule has 2 aromatic heterocycles. The van der Waals surface area contributed by atoms with Crippen molar-refractivity contribution in [2.75, 3.05) is 5.32 Å². The summed E-state index contributed by atoms with van der Waals surface area (Å²) < 4.78 is 0. The molecule has 0 fully saturated rings. The molecule has 2 N–H and O–H groups in total. The molecule has 98 valence electrons. The maximum atomic E-state index is 9.19. The normalized spacial score (nSPS) is 12.0. The van der Waals surface area contributed by atoms with Crippen LogP contribution in [0.15, 0.2) is 30.6 Å². The first-order valence-corrected chi connectivity index (χ1v) is 6.07. The van der Waals surface area contributed by atoms with E-state index in [1.165, 1.54) is 6.33 Å². The van der Waals surface area contributed by atoms with E-state index in [0.29, 0.717) is 11.5 Å². The number of hydrogen-bond donors (Lipinski definition) is 2. The van der Waals surface area contributed by atoms with Gasteiger partial charge in [-0.1, -0.05) is 18.2 Å². The van der Waals surface area contributed by atoms with Crippen molar-refractivity contribution in [3.05, 3.63) is 42.1 Å². The van der Waals surface area contributed by atoms with E-state index >= 15 is 0 Å². The van der Waals surface area contributed by atoms with E-state index in [1.807, 2.05) is 31.2 Å². The molecule has 7 heteroatoms. The molecule has 2 heterocycles. The average molecular weight is 265 g/mol. The third-order valence-corrected chi connectivity index (χ3v) is 2.98. The second-order valence-corrected chi connectivity index (χ2v) is 4.29. The van der Waals surface area contributed by atoms with Crippen LogP contribution >= 0.6 is 0 Å². The minimum absolute atomic E-state index is 0.128. The van der Waals surface area contributed by atoms with Gasteiger partial charge in [0.15, 0.2) is 5.69 Å². The Kier molecular flexibility index (Phi) is 2.97. The van der Waals surface area contributed by atoms with Gasteiger partial charge in [-0.2, -0.15) is 10.4 Å². The molecule has 1 aromatic carbocycles. The van der Waals surface area contributed by atoms with E-state index in [0.717, 1.165) is 10.9 Å². The van der Waals surface area contributed by atoms with Gasteiger partial charge in [-0.25, -0.2) is 4.98 Å². The lowest BCUT2D eigenvalue weighted by Crippen LogP contribution is -2.11. The molecule has 0 saturated carbocycles. The molecule has 0 aliphatic rings. The Balaban J connectivity index is 2.07. The molecule has 20 heavy (non-hydrogen) atoms. The zero-order chi connectivity index (χ0) is 13.9. The first-order valence-electron chi connectivity index (χ1n) is 6.07. The van der Waals surface area contributed by atoms with Crippen molar-refractivity contribution in [2.45, 2.75) is 13.0 Å². The number of nitrogens with one attached hydrogen (secondary N) is 2. The number of anilines is 1. The Hall–Kier alpha value is -3.01. The summed E-state index contributed by atoms with van der Waals surface area (Å²) in [5.41, 5.74) is 1.65. The van der Waals surface area contributed by atoms with Gasteiger partial charge in [0.1, 0.15) is 18.2 Å². The van der Waals surface area contributed by atoms with Crippen LogP contribution in [-0.4, -0.2) is 25.4 Å². The minimum Gasteiger partial charge on any atom is -0.372 e. The highest BCUT2D eigenvalue weighted by molar-refractivity contribution is 5.92. The predicted molar refractivity (Wildman–Crippen MR) is 72.7 cm³/mol. The van der Waals surface area contributed by atoms with E-state index in [1.54, 1.807) is 0 Å². The molecule has 0 aliphatic carbocycles. The second kappa shape index (κ2) is 4.93. The standard InChI is InChI=1S/C13H11N7/c1-8(13-15-7-16-20-13)17-12-9-4-2-3-5-10(9)18-19-11(12)6-14/h2-5,7-8H,1H3,(H,17,18)(H,15,16,20). The summed E-state index contributed by atoms with van der Waals surface area (Å²) in [6.45, 7) is 1.93. The number of fused-ring (bicyclic) bond motifs is 1. The highest BCUT2D eigenvalue weighted by atomic mass is 15.2. The molecular formula is C13H11N7.